The molecule has 1 aromatic heterocycles. The Balaban J connectivity index is 1.29. The van der Waals surface area contributed by atoms with E-state index >= 15 is 0 Å². The van der Waals surface area contributed by atoms with Gasteiger partial charge in [0, 0.05) is 19.3 Å². The molecule has 4 atom stereocenters. The van der Waals surface area contributed by atoms with Gasteiger partial charge in [-0.3, -0.25) is 25.0 Å². The summed E-state index contributed by atoms with van der Waals surface area (Å²) in [6, 6.07) is -2.94. The first-order valence-corrected chi connectivity index (χ1v) is 10.5. The Kier molecular flexibility index (Phi) is 5.31. The second kappa shape index (κ2) is 7.78. The van der Waals surface area contributed by atoms with Gasteiger partial charge >= 0.3 is 16.4 Å². The lowest BCUT2D eigenvalue weighted by Crippen LogP contribution is -2.56. The predicted molar refractivity (Wildman–Crippen MR) is 95.1 cm³/mol. The number of nitrogens with one attached hydrogen (secondary N) is 3. The zero-order valence-corrected chi connectivity index (χ0v) is 16.4. The second-order valence-electron chi connectivity index (χ2n) is 7.22. The summed E-state index contributed by atoms with van der Waals surface area (Å²) < 4.78 is 36.6. The number of hydrazine groups is 1. The van der Waals surface area contributed by atoms with Crippen LogP contribution in [0, 0.1) is 0 Å². The van der Waals surface area contributed by atoms with E-state index in [1.54, 1.807) is 17.1 Å². The van der Waals surface area contributed by atoms with Gasteiger partial charge in [0.15, 0.2) is 0 Å². The quantitative estimate of drug-likeness (QED) is 0.275. The highest BCUT2D eigenvalue weighted by Crippen LogP contribution is 2.30. The highest BCUT2D eigenvalue weighted by Gasteiger charge is 2.49. The lowest BCUT2D eigenvalue weighted by Gasteiger charge is -2.29. The van der Waals surface area contributed by atoms with Crippen molar-refractivity contribution < 1.29 is 31.6 Å². The number of hydrogen-bond acceptors (Lipinski definition) is 9. The first kappa shape index (κ1) is 20.5. The Hall–Kier alpha value is -2.82. The van der Waals surface area contributed by atoms with E-state index in [0.717, 1.165) is 4.90 Å². The average Bonchev–Trinajstić information content (AvgIpc) is 3.43. The summed E-state index contributed by atoms with van der Waals surface area (Å²) in [5.41, 5.74) is 4.66. The molecule has 0 aromatic carbocycles. The SMILES string of the molecule is O=C(NNC(=O)[C@H]1CC[C@@H]2CN1C(=O)N2OS(=O)(=O)O)[C@@H]1C[C@H](n2ccnn2)CN1. The predicted octanol–water partition coefficient (Wildman–Crippen LogP) is -2.67. The highest BCUT2D eigenvalue weighted by atomic mass is 32.3. The van der Waals surface area contributed by atoms with Gasteiger partial charge in [0.1, 0.15) is 6.04 Å². The van der Waals surface area contributed by atoms with Crippen molar-refractivity contribution in [2.24, 2.45) is 0 Å². The molecule has 0 aliphatic carbocycles. The van der Waals surface area contributed by atoms with Gasteiger partial charge < -0.3 is 10.2 Å². The summed E-state index contributed by atoms with van der Waals surface area (Å²) in [5, 5.41) is 11.2. The monoisotopic (exact) mass is 444 g/mol. The Morgan fingerprint density at radius 3 is 2.70 bits per heavy atom. The largest absolute Gasteiger partial charge is 0.418 e. The third kappa shape index (κ3) is 4.07. The fraction of sp³-hybridized carbons (Fsp3) is 0.643. The lowest BCUT2D eigenvalue weighted by molar-refractivity contribution is -0.132. The minimum atomic E-state index is -4.86. The standard InChI is InChI=1S/C14H20N8O7S/c23-12(10-5-9(6-15-10)21-4-3-16-19-21)17-18-13(24)11-2-1-8-7-20(11)14(25)22(8)29-30(26,27)28/h3-4,8-11,15H,1-2,5-7H2,(H,17,23)(H,18,24)(H,26,27,28)/t8-,9+,10+,11-/m1/s1. The van der Waals surface area contributed by atoms with Crippen molar-refractivity contribution in [2.45, 2.75) is 43.4 Å². The van der Waals surface area contributed by atoms with Crippen molar-refractivity contribution >= 4 is 28.2 Å². The molecule has 164 valence electrons. The van der Waals surface area contributed by atoms with Crippen molar-refractivity contribution in [1.29, 1.82) is 0 Å². The summed E-state index contributed by atoms with van der Waals surface area (Å²) in [7, 11) is -4.86. The molecule has 30 heavy (non-hydrogen) atoms. The smallest absolute Gasteiger partial charge is 0.309 e. The zero-order valence-electron chi connectivity index (χ0n) is 15.5. The van der Waals surface area contributed by atoms with Crippen LogP contribution >= 0.6 is 0 Å². The van der Waals surface area contributed by atoms with Crippen LogP contribution in [-0.4, -0.2) is 87.0 Å². The molecule has 4 N–H and O–H groups in total. The summed E-state index contributed by atoms with van der Waals surface area (Å²) in [5.74, 6) is -1.06. The number of hydrogen-bond donors (Lipinski definition) is 4. The molecule has 1 aromatic rings. The summed E-state index contributed by atoms with van der Waals surface area (Å²) >= 11 is 0. The van der Waals surface area contributed by atoms with Crippen LogP contribution in [0.1, 0.15) is 25.3 Å². The number of carbonyl (C=O) groups is 3. The number of aromatic nitrogens is 3. The van der Waals surface area contributed by atoms with Gasteiger partial charge in [-0.25, -0.2) is 9.48 Å². The minimum absolute atomic E-state index is 0.0368. The first-order valence-electron chi connectivity index (χ1n) is 9.18. The lowest BCUT2D eigenvalue weighted by atomic mass is 10.0. The topological polar surface area (TPSA) is 188 Å². The Labute approximate surface area is 170 Å². The average molecular weight is 444 g/mol. The van der Waals surface area contributed by atoms with E-state index in [9.17, 15) is 22.8 Å². The van der Waals surface area contributed by atoms with E-state index in [2.05, 4.69) is 30.8 Å². The van der Waals surface area contributed by atoms with Crippen molar-refractivity contribution in [3.05, 3.63) is 12.4 Å². The van der Waals surface area contributed by atoms with E-state index in [-0.39, 0.29) is 25.4 Å². The maximum Gasteiger partial charge on any atom is 0.418 e. The van der Waals surface area contributed by atoms with Crippen molar-refractivity contribution in [3.63, 3.8) is 0 Å². The normalized spacial score (nSPS) is 28.6. The number of piperidine rings is 1. The molecule has 0 spiro atoms. The Bertz CT molecular complexity index is 938. The number of fused-ring (bicyclic) bond motifs is 2. The second-order valence-corrected chi connectivity index (χ2v) is 8.23. The van der Waals surface area contributed by atoms with Gasteiger partial charge in [-0.1, -0.05) is 5.21 Å². The number of amides is 4. The summed E-state index contributed by atoms with van der Waals surface area (Å²) in [4.78, 5) is 38.3. The van der Waals surface area contributed by atoms with Crippen LogP contribution in [0.3, 0.4) is 0 Å². The van der Waals surface area contributed by atoms with Crippen molar-refractivity contribution in [2.75, 3.05) is 13.1 Å². The third-order valence-corrected chi connectivity index (χ3v) is 5.70. The molecule has 16 heteroatoms. The highest BCUT2D eigenvalue weighted by molar-refractivity contribution is 7.80. The first-order chi connectivity index (χ1) is 14.2. The van der Waals surface area contributed by atoms with Crippen molar-refractivity contribution in [3.8, 4) is 0 Å². The van der Waals surface area contributed by atoms with Crippen LogP contribution in [0.4, 0.5) is 4.79 Å². The number of rotatable bonds is 5. The fourth-order valence-corrected chi connectivity index (χ4v) is 4.32. The van der Waals surface area contributed by atoms with Gasteiger partial charge in [-0.05, 0) is 19.3 Å². The van der Waals surface area contributed by atoms with E-state index in [1.165, 1.54) is 0 Å². The van der Waals surface area contributed by atoms with Gasteiger partial charge in [-0.15, -0.1) is 9.38 Å². The molecule has 3 aliphatic heterocycles. The van der Waals surface area contributed by atoms with E-state index < -0.39 is 46.4 Å². The molecule has 2 bridgehead atoms. The minimum Gasteiger partial charge on any atom is -0.309 e. The summed E-state index contributed by atoms with van der Waals surface area (Å²) in [6.45, 7) is 0.579. The maximum absolute atomic E-state index is 12.5. The number of hydroxylamine groups is 2. The molecule has 4 amide bonds. The fourth-order valence-electron chi connectivity index (χ4n) is 3.93. The molecule has 3 saturated heterocycles. The van der Waals surface area contributed by atoms with Crippen LogP contribution in [0.25, 0.3) is 0 Å². The molecule has 4 heterocycles. The molecular weight excluding hydrogens is 424 g/mol. The van der Waals surface area contributed by atoms with Crippen LogP contribution < -0.4 is 16.2 Å². The van der Waals surface area contributed by atoms with Gasteiger partial charge in [0.2, 0.25) is 0 Å². The molecule has 3 fully saturated rings. The molecule has 15 nitrogen and oxygen atoms in total. The molecule has 3 aliphatic rings. The van der Waals surface area contributed by atoms with Crippen molar-refractivity contribution in [1.82, 2.24) is 41.1 Å². The van der Waals surface area contributed by atoms with Crippen LogP contribution in [0.15, 0.2) is 12.4 Å². The summed E-state index contributed by atoms with van der Waals surface area (Å²) in [6.07, 6.45) is 4.23. The third-order valence-electron chi connectivity index (χ3n) is 5.35. The number of urea groups is 1. The molecule has 0 radical (unpaired) electrons. The molecule has 0 unspecified atom stereocenters. The van der Waals surface area contributed by atoms with Gasteiger partial charge in [0.25, 0.3) is 11.8 Å². The van der Waals surface area contributed by atoms with Gasteiger partial charge in [0.05, 0.1) is 24.3 Å². The molecule has 4 rings (SSSR count). The molecular formula is C14H20N8O7S. The van der Waals surface area contributed by atoms with E-state index in [0.29, 0.717) is 18.0 Å². The Morgan fingerprint density at radius 2 is 2.00 bits per heavy atom. The Morgan fingerprint density at radius 1 is 1.23 bits per heavy atom. The maximum atomic E-state index is 12.5. The van der Waals surface area contributed by atoms with E-state index in [1.807, 2.05) is 0 Å². The van der Waals surface area contributed by atoms with Gasteiger partial charge in [-0.2, -0.15) is 13.5 Å². The van der Waals surface area contributed by atoms with E-state index in [4.69, 9.17) is 4.55 Å². The van der Waals surface area contributed by atoms with Crippen LogP contribution in [0.2, 0.25) is 0 Å². The number of nitrogens with zero attached hydrogens (tertiary/aromatic N) is 5. The molecule has 0 saturated carbocycles. The number of carbonyl (C=O) groups excluding carboxylic acids is 3. The van der Waals surface area contributed by atoms with Crippen LogP contribution in [0.5, 0.6) is 0 Å². The zero-order chi connectivity index (χ0) is 21.5. The van der Waals surface area contributed by atoms with Crippen LogP contribution in [-0.2, 0) is 24.3 Å².